The zero-order chi connectivity index (χ0) is 10.4. The molecule has 0 aromatic carbocycles. The van der Waals surface area contributed by atoms with E-state index >= 15 is 0 Å². The fourth-order valence-corrected chi connectivity index (χ4v) is 0.875. The van der Waals surface area contributed by atoms with Crippen molar-refractivity contribution < 1.29 is 0 Å². The minimum Gasteiger partial charge on any atom is -0.306 e. The van der Waals surface area contributed by atoms with Crippen molar-refractivity contribution in [1.29, 1.82) is 0 Å². The van der Waals surface area contributed by atoms with Gasteiger partial charge in [-0.3, -0.25) is 0 Å². The lowest BCUT2D eigenvalue weighted by atomic mass is 10.4. The van der Waals surface area contributed by atoms with Crippen molar-refractivity contribution in [1.82, 2.24) is 4.90 Å². The lowest BCUT2D eigenvalue weighted by molar-refractivity contribution is 0.335. The summed E-state index contributed by atoms with van der Waals surface area (Å²) in [5, 5.41) is 0. The second-order valence-electron chi connectivity index (χ2n) is 2.30. The fourth-order valence-electron chi connectivity index (χ4n) is 0.875. The highest BCUT2D eigenvalue weighted by atomic mass is 15.1. The Labute approximate surface area is 79.5 Å². The van der Waals surface area contributed by atoms with Crippen molar-refractivity contribution in [2.45, 2.75) is 40.5 Å². The predicted octanol–water partition coefficient (Wildman–Crippen LogP) is 3.57. The van der Waals surface area contributed by atoms with Gasteiger partial charge < -0.3 is 4.90 Å². The summed E-state index contributed by atoms with van der Waals surface area (Å²) in [5.41, 5.74) is 0. The van der Waals surface area contributed by atoms with Crippen LogP contribution in [0, 0.1) is 0 Å². The molecule has 0 aliphatic rings. The van der Waals surface area contributed by atoms with E-state index in [0.717, 1.165) is 0 Å². The Balaban J connectivity index is -0.000000175. The van der Waals surface area contributed by atoms with Gasteiger partial charge in [0.2, 0.25) is 0 Å². The quantitative estimate of drug-likeness (QED) is 0.587. The van der Waals surface area contributed by atoms with Crippen molar-refractivity contribution in [2.24, 2.45) is 0 Å². The van der Waals surface area contributed by atoms with Crippen LogP contribution in [0.15, 0.2) is 13.2 Å². The van der Waals surface area contributed by atoms with Gasteiger partial charge in [0, 0.05) is 0 Å². The lowest BCUT2D eigenvalue weighted by Crippen LogP contribution is -2.19. The summed E-state index contributed by atoms with van der Waals surface area (Å²) < 4.78 is 0. The Kier molecular flexibility index (Phi) is 33.1. The van der Waals surface area contributed by atoms with E-state index in [1.165, 1.54) is 25.9 Å². The minimum absolute atomic E-state index is 1.24. The van der Waals surface area contributed by atoms with Crippen molar-refractivity contribution in [2.75, 3.05) is 20.1 Å². The Bertz CT molecular complexity index is 47.0. The molecule has 76 valence electrons. The summed E-state index contributed by atoms with van der Waals surface area (Å²) in [4.78, 5) is 2.36. The highest BCUT2D eigenvalue weighted by Gasteiger charge is 1.90. The smallest absolute Gasteiger partial charge is 0.00244 e. The van der Waals surface area contributed by atoms with Crippen molar-refractivity contribution >= 4 is 0 Å². The molecular weight excluding hydrogens is 146 g/mol. The summed E-state index contributed by atoms with van der Waals surface area (Å²) in [6.07, 6.45) is 2.55. The first-order chi connectivity index (χ1) is 5.81. The maximum atomic E-state index is 3.00. The van der Waals surface area contributed by atoms with Gasteiger partial charge in [-0.2, -0.15) is 0 Å². The van der Waals surface area contributed by atoms with Gasteiger partial charge in [0.1, 0.15) is 0 Å². The lowest BCUT2D eigenvalue weighted by Gasteiger charge is -2.12. The molecule has 0 aromatic rings. The van der Waals surface area contributed by atoms with Gasteiger partial charge in [0.25, 0.3) is 0 Å². The Hall–Kier alpha value is -0.300. The molecule has 0 amide bonds. The first-order valence-corrected chi connectivity index (χ1v) is 4.99. The van der Waals surface area contributed by atoms with Crippen molar-refractivity contribution in [3.05, 3.63) is 13.2 Å². The van der Waals surface area contributed by atoms with Gasteiger partial charge >= 0.3 is 0 Å². The van der Waals surface area contributed by atoms with Crippen LogP contribution in [0.4, 0.5) is 0 Å². The zero-order valence-corrected chi connectivity index (χ0v) is 9.69. The molecule has 0 aromatic heterocycles. The Morgan fingerprint density at radius 2 is 1.17 bits per heavy atom. The van der Waals surface area contributed by atoms with Crippen LogP contribution in [-0.4, -0.2) is 25.0 Å². The number of hydrogen-bond acceptors (Lipinski definition) is 1. The molecule has 1 nitrogen and oxygen atoms in total. The van der Waals surface area contributed by atoms with E-state index in [4.69, 9.17) is 0 Å². The molecule has 0 saturated carbocycles. The SMILES string of the molecule is C=C.CC.CCCN(C)CCC. The highest BCUT2D eigenvalue weighted by molar-refractivity contribution is 4.45. The molecule has 0 unspecified atom stereocenters. The van der Waals surface area contributed by atoms with Crippen molar-refractivity contribution in [3.63, 3.8) is 0 Å². The van der Waals surface area contributed by atoms with Crippen LogP contribution in [0.1, 0.15) is 40.5 Å². The molecule has 0 heterocycles. The third kappa shape index (κ3) is 22.6. The minimum atomic E-state index is 1.24. The average Bonchev–Trinajstić information content (AvgIpc) is 2.12. The van der Waals surface area contributed by atoms with Gasteiger partial charge in [-0.25, -0.2) is 0 Å². The summed E-state index contributed by atoms with van der Waals surface area (Å²) in [6.45, 7) is 16.9. The molecule has 0 fully saturated rings. The molecule has 0 bridgehead atoms. The second-order valence-corrected chi connectivity index (χ2v) is 2.30. The van der Waals surface area contributed by atoms with Crippen LogP contribution in [-0.2, 0) is 0 Å². The fraction of sp³-hybridized carbons (Fsp3) is 0.818. The molecular formula is C11H27N. The van der Waals surface area contributed by atoms with Gasteiger partial charge in [-0.15, -0.1) is 13.2 Å². The highest BCUT2D eigenvalue weighted by Crippen LogP contribution is 1.86. The van der Waals surface area contributed by atoms with Crippen LogP contribution in [0.5, 0.6) is 0 Å². The van der Waals surface area contributed by atoms with Crippen LogP contribution in [0.25, 0.3) is 0 Å². The topological polar surface area (TPSA) is 3.24 Å². The summed E-state index contributed by atoms with van der Waals surface area (Å²) in [7, 11) is 2.17. The maximum absolute atomic E-state index is 3.00. The van der Waals surface area contributed by atoms with Crippen LogP contribution in [0.3, 0.4) is 0 Å². The molecule has 0 aliphatic carbocycles. The molecule has 0 atom stereocenters. The summed E-state index contributed by atoms with van der Waals surface area (Å²) in [5.74, 6) is 0. The monoisotopic (exact) mass is 173 g/mol. The molecule has 0 saturated heterocycles. The predicted molar refractivity (Wildman–Crippen MR) is 60.7 cm³/mol. The molecule has 0 radical (unpaired) electrons. The molecule has 0 aliphatic heterocycles. The first-order valence-electron chi connectivity index (χ1n) is 4.99. The van der Waals surface area contributed by atoms with Gasteiger partial charge in [-0.1, -0.05) is 27.7 Å². The molecule has 12 heavy (non-hydrogen) atoms. The average molecular weight is 173 g/mol. The van der Waals surface area contributed by atoms with Gasteiger partial charge in [0.15, 0.2) is 0 Å². The van der Waals surface area contributed by atoms with E-state index in [-0.39, 0.29) is 0 Å². The van der Waals surface area contributed by atoms with E-state index in [1.807, 2.05) is 13.8 Å². The van der Waals surface area contributed by atoms with Crippen LogP contribution in [0.2, 0.25) is 0 Å². The van der Waals surface area contributed by atoms with Gasteiger partial charge in [-0.05, 0) is 33.0 Å². The summed E-state index contributed by atoms with van der Waals surface area (Å²) in [6, 6.07) is 0. The van der Waals surface area contributed by atoms with Gasteiger partial charge in [0.05, 0.1) is 0 Å². The molecule has 0 rings (SSSR count). The third-order valence-corrected chi connectivity index (χ3v) is 1.21. The maximum Gasteiger partial charge on any atom is -0.00244 e. The molecule has 1 heteroatoms. The standard InChI is InChI=1S/C7H17N.C2H6.C2H4/c1-4-6-8(3)7-5-2;2*1-2/h4-7H2,1-3H3;1-2H3;1-2H2. The van der Waals surface area contributed by atoms with E-state index in [1.54, 1.807) is 0 Å². The number of nitrogens with zero attached hydrogens (tertiary/aromatic N) is 1. The number of hydrogen-bond donors (Lipinski definition) is 0. The molecule has 0 N–H and O–H groups in total. The largest absolute Gasteiger partial charge is 0.306 e. The number of rotatable bonds is 4. The van der Waals surface area contributed by atoms with Crippen LogP contribution >= 0.6 is 0 Å². The second kappa shape index (κ2) is 22.4. The van der Waals surface area contributed by atoms with E-state index in [0.29, 0.717) is 0 Å². The van der Waals surface area contributed by atoms with Crippen LogP contribution < -0.4 is 0 Å². The normalized spacial score (nSPS) is 7.83. The molecule has 0 spiro atoms. The van der Waals surface area contributed by atoms with E-state index in [2.05, 4.69) is 39.0 Å². The van der Waals surface area contributed by atoms with E-state index in [9.17, 15) is 0 Å². The Morgan fingerprint density at radius 3 is 1.33 bits per heavy atom. The first kappa shape index (κ1) is 17.7. The van der Waals surface area contributed by atoms with E-state index < -0.39 is 0 Å². The summed E-state index contributed by atoms with van der Waals surface area (Å²) >= 11 is 0. The third-order valence-electron chi connectivity index (χ3n) is 1.21. The Morgan fingerprint density at radius 1 is 0.917 bits per heavy atom. The zero-order valence-electron chi connectivity index (χ0n) is 9.69. The van der Waals surface area contributed by atoms with Crippen molar-refractivity contribution in [3.8, 4) is 0 Å².